The maximum Gasteiger partial charge on any atom is 0.325 e. The summed E-state index contributed by atoms with van der Waals surface area (Å²) in [7, 11) is 0. The van der Waals surface area contributed by atoms with Crippen LogP contribution in [0.5, 0.6) is 0 Å². The first-order chi connectivity index (χ1) is 8.24. The van der Waals surface area contributed by atoms with Crippen LogP contribution in [0.3, 0.4) is 0 Å². The van der Waals surface area contributed by atoms with Crippen LogP contribution >= 0.6 is 0 Å². The summed E-state index contributed by atoms with van der Waals surface area (Å²) in [6.45, 7) is 6.71. The molecule has 1 fully saturated rings. The van der Waals surface area contributed by atoms with Crippen molar-refractivity contribution in [3.05, 3.63) is 48.6 Å². The fourth-order valence-corrected chi connectivity index (χ4v) is 1.95. The molecule has 3 atom stereocenters. The molecule has 0 amide bonds. The molecular formula is C14H17NO2. The van der Waals surface area contributed by atoms with E-state index < -0.39 is 0 Å². The van der Waals surface area contributed by atoms with E-state index in [2.05, 4.69) is 30.5 Å². The number of carbonyl (C=O) groups excluding carboxylic acids is 1. The topological polar surface area (TPSA) is 29.3 Å². The van der Waals surface area contributed by atoms with Crippen molar-refractivity contribution in [2.24, 2.45) is 0 Å². The van der Waals surface area contributed by atoms with E-state index in [1.165, 1.54) is 5.56 Å². The zero-order valence-corrected chi connectivity index (χ0v) is 10.0. The van der Waals surface area contributed by atoms with Crippen molar-refractivity contribution in [3.63, 3.8) is 0 Å². The third-order valence-electron chi connectivity index (χ3n) is 3.05. The summed E-state index contributed by atoms with van der Waals surface area (Å²) in [6.07, 6.45) is 1.59. The van der Waals surface area contributed by atoms with Crippen LogP contribution in [0.15, 0.2) is 43.0 Å². The molecule has 0 N–H and O–H groups in total. The van der Waals surface area contributed by atoms with Gasteiger partial charge in [0, 0.05) is 12.6 Å². The van der Waals surface area contributed by atoms with Crippen molar-refractivity contribution in [2.45, 2.75) is 19.0 Å². The summed E-state index contributed by atoms with van der Waals surface area (Å²) < 4.78 is 5.03. The third kappa shape index (κ3) is 2.74. The van der Waals surface area contributed by atoms with E-state index in [0.717, 1.165) is 6.54 Å². The van der Waals surface area contributed by atoms with Crippen LogP contribution in [0.25, 0.3) is 0 Å². The number of benzene rings is 1. The monoisotopic (exact) mass is 231 g/mol. The smallest absolute Gasteiger partial charge is 0.325 e. The Balaban J connectivity index is 1.90. The Labute approximate surface area is 102 Å². The van der Waals surface area contributed by atoms with E-state index in [1.807, 2.05) is 18.2 Å². The molecule has 1 aliphatic rings. The van der Waals surface area contributed by atoms with E-state index in [-0.39, 0.29) is 18.1 Å². The minimum atomic E-state index is -0.146. The van der Waals surface area contributed by atoms with Crippen molar-refractivity contribution in [2.75, 3.05) is 13.2 Å². The molecule has 1 aromatic carbocycles. The zero-order chi connectivity index (χ0) is 12.3. The molecule has 0 aromatic heterocycles. The number of hydrogen-bond acceptors (Lipinski definition) is 3. The van der Waals surface area contributed by atoms with Gasteiger partial charge in [0.05, 0.1) is 0 Å². The van der Waals surface area contributed by atoms with Crippen LogP contribution in [-0.4, -0.2) is 30.1 Å². The molecule has 1 heterocycles. The van der Waals surface area contributed by atoms with Crippen molar-refractivity contribution >= 4 is 5.97 Å². The lowest BCUT2D eigenvalue weighted by atomic mass is 10.1. The number of nitrogens with zero attached hydrogens (tertiary/aromatic N) is 1. The molecule has 2 rings (SSSR count). The molecule has 17 heavy (non-hydrogen) atoms. The highest BCUT2D eigenvalue weighted by molar-refractivity contribution is 5.79. The van der Waals surface area contributed by atoms with Crippen LogP contribution in [-0.2, 0) is 9.53 Å². The van der Waals surface area contributed by atoms with Gasteiger partial charge in [-0.1, -0.05) is 43.0 Å². The van der Waals surface area contributed by atoms with Gasteiger partial charge in [-0.05, 0) is 12.5 Å². The molecule has 1 unspecified atom stereocenters. The van der Waals surface area contributed by atoms with Crippen molar-refractivity contribution in [1.82, 2.24) is 4.90 Å². The van der Waals surface area contributed by atoms with Crippen molar-refractivity contribution in [3.8, 4) is 0 Å². The molecule has 0 spiro atoms. The second-order valence-electron chi connectivity index (χ2n) is 4.22. The van der Waals surface area contributed by atoms with Gasteiger partial charge in [-0.3, -0.25) is 9.69 Å². The fraction of sp³-hybridized carbons (Fsp3) is 0.357. The van der Waals surface area contributed by atoms with Crippen LogP contribution in [0.2, 0.25) is 0 Å². The summed E-state index contributed by atoms with van der Waals surface area (Å²) in [6, 6.07) is 10.4. The van der Waals surface area contributed by atoms with Gasteiger partial charge in [0.2, 0.25) is 0 Å². The molecule has 1 saturated heterocycles. The van der Waals surface area contributed by atoms with Gasteiger partial charge < -0.3 is 4.74 Å². The van der Waals surface area contributed by atoms with Gasteiger partial charge >= 0.3 is 5.97 Å². The van der Waals surface area contributed by atoms with Crippen LogP contribution < -0.4 is 0 Å². The van der Waals surface area contributed by atoms with E-state index in [1.54, 1.807) is 6.08 Å². The van der Waals surface area contributed by atoms with Crippen molar-refractivity contribution < 1.29 is 9.53 Å². The highest BCUT2D eigenvalue weighted by Crippen LogP contribution is 2.32. The third-order valence-corrected chi connectivity index (χ3v) is 3.05. The second kappa shape index (κ2) is 5.15. The maximum absolute atomic E-state index is 11.6. The maximum atomic E-state index is 11.6. The Morgan fingerprint density at radius 1 is 1.59 bits per heavy atom. The molecule has 0 aliphatic carbocycles. The van der Waals surface area contributed by atoms with Gasteiger partial charge in [0.25, 0.3) is 0 Å². The Morgan fingerprint density at radius 2 is 2.29 bits per heavy atom. The summed E-state index contributed by atoms with van der Waals surface area (Å²) in [4.78, 5) is 13.7. The molecule has 90 valence electrons. The predicted molar refractivity (Wildman–Crippen MR) is 66.5 cm³/mol. The zero-order valence-electron chi connectivity index (χ0n) is 10.0. The van der Waals surface area contributed by atoms with Gasteiger partial charge in [-0.2, -0.15) is 0 Å². The highest BCUT2D eigenvalue weighted by Gasteiger charge is 2.44. The molecule has 3 heteroatoms. The standard InChI is InChI=1S/C14H17NO2/c1-3-9-17-14(16)13-10-15(13)11(2)12-7-5-4-6-8-12/h3-8,11,13H,1,9-10H2,2H3/t11-,13-,15?/m1/s1. The second-order valence-corrected chi connectivity index (χ2v) is 4.22. The van der Waals surface area contributed by atoms with Gasteiger partial charge in [0.1, 0.15) is 12.6 Å². The normalized spacial score (nSPS) is 23.8. The quantitative estimate of drug-likeness (QED) is 0.442. The first-order valence-electron chi connectivity index (χ1n) is 5.82. The molecule has 1 aromatic rings. The van der Waals surface area contributed by atoms with E-state index in [9.17, 15) is 4.79 Å². The van der Waals surface area contributed by atoms with Crippen LogP contribution in [0.1, 0.15) is 18.5 Å². The average Bonchev–Trinajstić information content (AvgIpc) is 3.16. The highest BCUT2D eigenvalue weighted by atomic mass is 16.5. The predicted octanol–water partition coefficient (Wildman–Crippen LogP) is 2.16. The van der Waals surface area contributed by atoms with E-state index >= 15 is 0 Å². The van der Waals surface area contributed by atoms with E-state index in [4.69, 9.17) is 4.74 Å². The summed E-state index contributed by atoms with van der Waals surface area (Å²) >= 11 is 0. The SMILES string of the molecule is C=CCOC(=O)[C@H]1CN1[C@H](C)c1ccccc1. The lowest BCUT2D eigenvalue weighted by molar-refractivity contribution is -0.142. The Hall–Kier alpha value is -1.61. The number of hydrogen-bond donors (Lipinski definition) is 0. The average molecular weight is 231 g/mol. The van der Waals surface area contributed by atoms with E-state index in [0.29, 0.717) is 6.61 Å². The van der Waals surface area contributed by atoms with Gasteiger partial charge in [-0.15, -0.1) is 0 Å². The van der Waals surface area contributed by atoms with Gasteiger partial charge in [-0.25, -0.2) is 0 Å². The largest absolute Gasteiger partial charge is 0.460 e. The summed E-state index contributed by atoms with van der Waals surface area (Å²) in [5.41, 5.74) is 1.23. The molecule has 1 aliphatic heterocycles. The van der Waals surface area contributed by atoms with Gasteiger partial charge in [0.15, 0.2) is 0 Å². The minimum Gasteiger partial charge on any atom is -0.460 e. The summed E-state index contributed by atoms with van der Waals surface area (Å²) in [5.74, 6) is -0.146. The number of ether oxygens (including phenoxy) is 1. The minimum absolute atomic E-state index is 0.0786. The molecular weight excluding hydrogens is 214 g/mol. The molecule has 0 radical (unpaired) electrons. The Morgan fingerprint density at radius 3 is 2.94 bits per heavy atom. The Kier molecular flexibility index (Phi) is 3.59. The summed E-state index contributed by atoms with van der Waals surface area (Å²) in [5, 5.41) is 0. The Bertz CT molecular complexity index is 402. The molecule has 0 saturated carbocycles. The fourth-order valence-electron chi connectivity index (χ4n) is 1.95. The first kappa shape index (κ1) is 11.9. The number of esters is 1. The molecule has 3 nitrogen and oxygen atoms in total. The number of rotatable bonds is 5. The van der Waals surface area contributed by atoms with Crippen molar-refractivity contribution in [1.29, 1.82) is 0 Å². The molecule has 0 bridgehead atoms. The first-order valence-corrected chi connectivity index (χ1v) is 5.82. The number of carbonyl (C=O) groups is 1. The van der Waals surface area contributed by atoms with Crippen LogP contribution in [0, 0.1) is 0 Å². The lowest BCUT2D eigenvalue weighted by Crippen LogP contribution is -2.18. The lowest BCUT2D eigenvalue weighted by Gasteiger charge is -2.13. The van der Waals surface area contributed by atoms with Crippen LogP contribution in [0.4, 0.5) is 0 Å².